The summed E-state index contributed by atoms with van der Waals surface area (Å²) in [7, 11) is 0. The van der Waals surface area contributed by atoms with E-state index in [4.69, 9.17) is 0 Å². The number of benzene rings is 3. The zero-order valence-electron chi connectivity index (χ0n) is 12.9. The molecule has 0 amide bonds. The molecule has 0 spiro atoms. The number of carbonyl (C=O) groups is 1. The van der Waals surface area contributed by atoms with Gasteiger partial charge in [0.2, 0.25) is 0 Å². The molecule has 1 atom stereocenters. The summed E-state index contributed by atoms with van der Waals surface area (Å²) in [4.78, 5) is 11.4. The van der Waals surface area contributed by atoms with Gasteiger partial charge in [-0.15, -0.1) is 0 Å². The van der Waals surface area contributed by atoms with Crippen molar-refractivity contribution in [3.05, 3.63) is 59.7 Å². The van der Waals surface area contributed by atoms with Gasteiger partial charge in [0, 0.05) is 6.42 Å². The predicted molar refractivity (Wildman–Crippen MR) is 92.3 cm³/mol. The minimum Gasteiger partial charge on any atom is -0.300 e. The summed E-state index contributed by atoms with van der Waals surface area (Å²) in [5.74, 6) is 0.850. The van der Waals surface area contributed by atoms with E-state index < -0.39 is 0 Å². The van der Waals surface area contributed by atoms with Crippen molar-refractivity contribution in [3.63, 3.8) is 0 Å². The summed E-state index contributed by atoms with van der Waals surface area (Å²) in [5, 5.41) is 5.41. The number of fused-ring (bicyclic) bond motifs is 5. The molecule has 110 valence electrons. The molecule has 1 nitrogen and oxygen atoms in total. The van der Waals surface area contributed by atoms with Crippen LogP contribution in [0.3, 0.4) is 0 Å². The Morgan fingerprint density at radius 1 is 1.00 bits per heavy atom. The fraction of sp³-hybridized carbons (Fsp3) is 0.286. The largest absolute Gasteiger partial charge is 0.300 e. The number of rotatable bonds is 2. The predicted octanol–water partition coefficient (Wildman–Crippen LogP) is 5.08. The average Bonchev–Trinajstić information content (AvgIpc) is 2.53. The van der Waals surface area contributed by atoms with Crippen LogP contribution in [0.1, 0.15) is 30.9 Å². The molecule has 0 N–H and O–H groups in total. The van der Waals surface area contributed by atoms with E-state index in [1.807, 2.05) is 0 Å². The Labute approximate surface area is 131 Å². The summed E-state index contributed by atoms with van der Waals surface area (Å²) >= 11 is 0. The summed E-state index contributed by atoms with van der Waals surface area (Å²) < 4.78 is 0. The maximum Gasteiger partial charge on any atom is 0.130 e. The van der Waals surface area contributed by atoms with E-state index in [0.717, 1.165) is 25.7 Å². The zero-order chi connectivity index (χ0) is 15.1. The van der Waals surface area contributed by atoms with E-state index in [2.05, 4.69) is 48.5 Å². The number of ketones is 1. The third-order valence-corrected chi connectivity index (χ3v) is 5.02. The molecule has 1 unspecified atom stereocenters. The van der Waals surface area contributed by atoms with Crippen LogP contribution in [0.15, 0.2) is 48.5 Å². The first-order valence-corrected chi connectivity index (χ1v) is 8.14. The molecule has 0 aliphatic heterocycles. The van der Waals surface area contributed by atoms with Gasteiger partial charge in [-0.3, -0.25) is 0 Å². The number of Topliss-reactive ketones (excluding diaryl/α,β-unsaturated/α-hetero) is 1. The second-order valence-electron chi connectivity index (χ2n) is 6.60. The third-order valence-electron chi connectivity index (χ3n) is 5.02. The zero-order valence-corrected chi connectivity index (χ0v) is 12.9. The second kappa shape index (κ2) is 5.24. The van der Waals surface area contributed by atoms with Gasteiger partial charge in [0.1, 0.15) is 5.78 Å². The van der Waals surface area contributed by atoms with E-state index in [-0.39, 0.29) is 0 Å². The normalized spacial score (nSPS) is 17.6. The van der Waals surface area contributed by atoms with Crippen LogP contribution in [0.2, 0.25) is 0 Å². The Kier molecular flexibility index (Phi) is 3.22. The van der Waals surface area contributed by atoms with Crippen LogP contribution in [0.4, 0.5) is 0 Å². The molecule has 0 saturated carbocycles. The number of hydrogen-bond acceptors (Lipinski definition) is 1. The Hall–Kier alpha value is -2.15. The van der Waals surface area contributed by atoms with Crippen LogP contribution in [-0.4, -0.2) is 5.78 Å². The molecule has 0 radical (unpaired) electrons. The molecule has 0 saturated heterocycles. The topological polar surface area (TPSA) is 17.1 Å². The second-order valence-corrected chi connectivity index (χ2v) is 6.60. The van der Waals surface area contributed by atoms with E-state index in [9.17, 15) is 4.79 Å². The molecule has 0 heterocycles. The molecule has 0 bridgehead atoms. The van der Waals surface area contributed by atoms with Crippen molar-refractivity contribution in [1.82, 2.24) is 0 Å². The molecule has 3 aromatic carbocycles. The molecule has 22 heavy (non-hydrogen) atoms. The molecule has 0 aromatic heterocycles. The summed E-state index contributed by atoms with van der Waals surface area (Å²) in [6, 6.07) is 17.7. The van der Waals surface area contributed by atoms with Gasteiger partial charge >= 0.3 is 0 Å². The highest BCUT2D eigenvalue weighted by molar-refractivity contribution is 6.08. The molecular formula is C21H20O. The van der Waals surface area contributed by atoms with E-state index in [1.165, 1.54) is 32.7 Å². The minimum atomic E-state index is 0.320. The number of hydrogen-bond donors (Lipinski definition) is 0. The smallest absolute Gasteiger partial charge is 0.130 e. The first-order valence-electron chi connectivity index (χ1n) is 8.14. The van der Waals surface area contributed by atoms with Crippen molar-refractivity contribution >= 4 is 27.3 Å². The van der Waals surface area contributed by atoms with Crippen molar-refractivity contribution in [2.75, 3.05) is 0 Å². The SMILES string of the molecule is CC(=O)CC1CCc2c(ccc3c2ccc2ccccc23)C1. The first kappa shape index (κ1) is 13.5. The lowest BCUT2D eigenvalue weighted by molar-refractivity contribution is -0.117. The quantitative estimate of drug-likeness (QED) is 0.601. The standard InChI is InChI=1S/C21H20O/c1-14(22)12-15-6-9-19-17(13-15)8-11-20-18-5-3-2-4-16(18)7-10-21(19)20/h2-5,7-8,10-11,15H,6,9,12-13H2,1H3. The van der Waals surface area contributed by atoms with Gasteiger partial charge in [0.05, 0.1) is 0 Å². The summed E-state index contributed by atoms with van der Waals surface area (Å²) in [6.07, 6.45) is 4.02. The van der Waals surface area contributed by atoms with E-state index in [0.29, 0.717) is 11.7 Å². The van der Waals surface area contributed by atoms with Gasteiger partial charge in [-0.05, 0) is 64.8 Å². The maximum absolute atomic E-state index is 11.4. The van der Waals surface area contributed by atoms with Crippen molar-refractivity contribution in [3.8, 4) is 0 Å². The molecule has 1 aliphatic rings. The molecule has 1 heteroatoms. The van der Waals surface area contributed by atoms with Gasteiger partial charge in [-0.1, -0.05) is 48.5 Å². The van der Waals surface area contributed by atoms with Crippen LogP contribution >= 0.6 is 0 Å². The summed E-state index contributed by atoms with van der Waals surface area (Å²) in [6.45, 7) is 1.71. The minimum absolute atomic E-state index is 0.320. The van der Waals surface area contributed by atoms with Crippen LogP contribution in [0, 0.1) is 5.92 Å². The van der Waals surface area contributed by atoms with Crippen LogP contribution in [0.5, 0.6) is 0 Å². The number of carbonyl (C=O) groups excluding carboxylic acids is 1. The van der Waals surface area contributed by atoms with Crippen LogP contribution < -0.4 is 0 Å². The molecule has 0 fully saturated rings. The Bertz CT molecular complexity index is 876. The molecular weight excluding hydrogens is 268 g/mol. The van der Waals surface area contributed by atoms with Crippen LogP contribution in [-0.2, 0) is 17.6 Å². The van der Waals surface area contributed by atoms with Gasteiger partial charge in [-0.2, -0.15) is 0 Å². The highest BCUT2D eigenvalue weighted by Crippen LogP contribution is 2.35. The highest BCUT2D eigenvalue weighted by atomic mass is 16.1. The van der Waals surface area contributed by atoms with Crippen LogP contribution in [0.25, 0.3) is 21.5 Å². The molecule has 4 rings (SSSR count). The average molecular weight is 288 g/mol. The van der Waals surface area contributed by atoms with Crippen molar-refractivity contribution < 1.29 is 4.79 Å². The lowest BCUT2D eigenvalue weighted by atomic mass is 9.79. The lowest BCUT2D eigenvalue weighted by Gasteiger charge is -2.25. The van der Waals surface area contributed by atoms with Gasteiger partial charge in [0.15, 0.2) is 0 Å². The fourth-order valence-corrected chi connectivity index (χ4v) is 4.02. The van der Waals surface area contributed by atoms with Crippen molar-refractivity contribution in [2.45, 2.75) is 32.6 Å². The Morgan fingerprint density at radius 3 is 2.68 bits per heavy atom. The van der Waals surface area contributed by atoms with Crippen molar-refractivity contribution in [2.24, 2.45) is 5.92 Å². The fourth-order valence-electron chi connectivity index (χ4n) is 4.02. The summed E-state index contributed by atoms with van der Waals surface area (Å²) in [5.41, 5.74) is 2.95. The Balaban J connectivity index is 1.84. The van der Waals surface area contributed by atoms with Gasteiger partial charge in [0.25, 0.3) is 0 Å². The number of aryl methyl sites for hydroxylation is 1. The molecule has 3 aromatic rings. The van der Waals surface area contributed by atoms with Gasteiger partial charge < -0.3 is 4.79 Å². The third kappa shape index (κ3) is 2.21. The van der Waals surface area contributed by atoms with Gasteiger partial charge in [-0.25, -0.2) is 0 Å². The van der Waals surface area contributed by atoms with E-state index >= 15 is 0 Å². The molecule has 1 aliphatic carbocycles. The highest BCUT2D eigenvalue weighted by Gasteiger charge is 2.21. The first-order chi connectivity index (χ1) is 10.7. The van der Waals surface area contributed by atoms with E-state index in [1.54, 1.807) is 6.92 Å². The monoisotopic (exact) mass is 288 g/mol. The Morgan fingerprint density at radius 2 is 1.82 bits per heavy atom. The van der Waals surface area contributed by atoms with Crippen molar-refractivity contribution in [1.29, 1.82) is 0 Å². The lowest BCUT2D eigenvalue weighted by Crippen LogP contribution is -2.17. The maximum atomic E-state index is 11.4.